The summed E-state index contributed by atoms with van der Waals surface area (Å²) in [5, 5.41) is 7.63. The van der Waals surface area contributed by atoms with Crippen LogP contribution in [-0.2, 0) is 0 Å². The average molecular weight is 533 g/mol. The van der Waals surface area contributed by atoms with Gasteiger partial charge >= 0.3 is 0 Å². The maximum atomic E-state index is 2.34. The molecule has 0 saturated heterocycles. The van der Waals surface area contributed by atoms with Gasteiger partial charge in [0.15, 0.2) is 0 Å². The van der Waals surface area contributed by atoms with Crippen molar-refractivity contribution in [1.82, 2.24) is 0 Å². The Kier molecular flexibility index (Phi) is 5.90. The zero-order valence-corrected chi connectivity index (χ0v) is 23.2. The first-order chi connectivity index (χ1) is 20.8. The van der Waals surface area contributed by atoms with Crippen LogP contribution in [0, 0.1) is 0 Å². The molecule has 0 radical (unpaired) electrons. The van der Waals surface area contributed by atoms with Gasteiger partial charge in [0.1, 0.15) is 0 Å². The highest BCUT2D eigenvalue weighted by atomic mass is 14.2. The van der Waals surface area contributed by atoms with Crippen LogP contribution < -0.4 is 0 Å². The molecule has 0 heteroatoms. The van der Waals surface area contributed by atoms with Crippen LogP contribution in [0.2, 0.25) is 0 Å². The number of hydrogen-bond donors (Lipinski definition) is 0. The molecule has 0 aliphatic heterocycles. The fraction of sp³-hybridized carbons (Fsp3) is 0. The minimum Gasteiger partial charge on any atom is -0.0622 e. The first-order valence-electron chi connectivity index (χ1n) is 14.5. The Morgan fingerprint density at radius 2 is 0.714 bits per heavy atom. The molecule has 0 aliphatic carbocycles. The standard InChI is InChI=1S/C42H28/c1-3-13-29(14-4-1)31-17-11-18-32(27-31)33-25-26-35-34(28-33)19-12-24-36(35)42-39-22-9-7-20-37(39)41(30-15-5-2-6-16-30)38-21-8-10-23-40(38)42/h1-28H. The number of fused-ring (bicyclic) bond motifs is 3. The van der Waals surface area contributed by atoms with E-state index in [1.165, 1.54) is 76.8 Å². The van der Waals surface area contributed by atoms with Crippen molar-refractivity contribution in [2.75, 3.05) is 0 Å². The molecule has 8 aromatic carbocycles. The third-order valence-corrected chi connectivity index (χ3v) is 8.45. The highest BCUT2D eigenvalue weighted by Crippen LogP contribution is 2.45. The lowest BCUT2D eigenvalue weighted by molar-refractivity contribution is 1.60. The molecule has 0 N–H and O–H groups in total. The lowest BCUT2D eigenvalue weighted by Crippen LogP contribution is -1.91. The van der Waals surface area contributed by atoms with Gasteiger partial charge in [0.2, 0.25) is 0 Å². The number of rotatable bonds is 4. The van der Waals surface area contributed by atoms with Crippen molar-refractivity contribution in [2.45, 2.75) is 0 Å². The van der Waals surface area contributed by atoms with Crippen molar-refractivity contribution >= 4 is 32.3 Å². The first kappa shape index (κ1) is 24.3. The molecule has 42 heavy (non-hydrogen) atoms. The van der Waals surface area contributed by atoms with Crippen molar-refractivity contribution in [2.24, 2.45) is 0 Å². The topological polar surface area (TPSA) is 0 Å². The van der Waals surface area contributed by atoms with E-state index in [9.17, 15) is 0 Å². The largest absolute Gasteiger partial charge is 0.0622 e. The van der Waals surface area contributed by atoms with Gasteiger partial charge in [-0.15, -0.1) is 0 Å². The lowest BCUT2D eigenvalue weighted by atomic mass is 9.84. The van der Waals surface area contributed by atoms with Gasteiger partial charge in [-0.1, -0.05) is 158 Å². The molecule has 8 rings (SSSR count). The van der Waals surface area contributed by atoms with E-state index in [1.54, 1.807) is 0 Å². The van der Waals surface area contributed by atoms with E-state index < -0.39 is 0 Å². The molecule has 0 unspecified atom stereocenters. The minimum absolute atomic E-state index is 1.23. The van der Waals surface area contributed by atoms with Crippen LogP contribution in [0.1, 0.15) is 0 Å². The van der Waals surface area contributed by atoms with Crippen LogP contribution in [0.3, 0.4) is 0 Å². The van der Waals surface area contributed by atoms with Crippen LogP contribution in [0.15, 0.2) is 170 Å². The van der Waals surface area contributed by atoms with E-state index >= 15 is 0 Å². The van der Waals surface area contributed by atoms with Gasteiger partial charge in [-0.2, -0.15) is 0 Å². The molecule has 0 saturated carbocycles. The van der Waals surface area contributed by atoms with Crippen LogP contribution in [0.4, 0.5) is 0 Å². The summed E-state index contributed by atoms with van der Waals surface area (Å²) in [6.07, 6.45) is 0. The maximum Gasteiger partial charge on any atom is -0.00201 e. The quantitative estimate of drug-likeness (QED) is 0.198. The van der Waals surface area contributed by atoms with Crippen molar-refractivity contribution in [1.29, 1.82) is 0 Å². The Hall–Kier alpha value is -5.46. The SMILES string of the molecule is c1ccc(-c2cccc(-c3ccc4c(-c5c6ccccc6c(-c6ccccc6)c6ccccc56)cccc4c3)c2)cc1. The Balaban J connectivity index is 1.35. The van der Waals surface area contributed by atoms with Crippen LogP contribution in [-0.4, -0.2) is 0 Å². The van der Waals surface area contributed by atoms with Gasteiger partial charge in [0.25, 0.3) is 0 Å². The van der Waals surface area contributed by atoms with E-state index in [-0.39, 0.29) is 0 Å². The summed E-state index contributed by atoms with van der Waals surface area (Å²) < 4.78 is 0. The molecule has 0 amide bonds. The normalized spacial score (nSPS) is 11.3. The summed E-state index contributed by atoms with van der Waals surface area (Å²) in [6, 6.07) is 61.7. The Morgan fingerprint density at radius 3 is 1.36 bits per heavy atom. The van der Waals surface area contributed by atoms with Crippen molar-refractivity contribution < 1.29 is 0 Å². The Bertz CT molecular complexity index is 2170. The van der Waals surface area contributed by atoms with Crippen LogP contribution >= 0.6 is 0 Å². The van der Waals surface area contributed by atoms with Gasteiger partial charge in [-0.25, -0.2) is 0 Å². The molecule has 8 aromatic rings. The second-order valence-electron chi connectivity index (χ2n) is 10.9. The summed E-state index contributed by atoms with van der Waals surface area (Å²) in [6.45, 7) is 0. The molecule has 0 bridgehead atoms. The smallest absolute Gasteiger partial charge is 0.00201 e. The highest BCUT2D eigenvalue weighted by molar-refractivity contribution is 6.23. The van der Waals surface area contributed by atoms with Gasteiger partial charge in [-0.05, 0) is 89.0 Å². The van der Waals surface area contributed by atoms with Gasteiger partial charge in [-0.3, -0.25) is 0 Å². The highest BCUT2D eigenvalue weighted by Gasteiger charge is 2.17. The van der Waals surface area contributed by atoms with Crippen LogP contribution in [0.5, 0.6) is 0 Å². The molecule has 0 atom stereocenters. The van der Waals surface area contributed by atoms with Crippen molar-refractivity contribution in [3.05, 3.63) is 170 Å². The molecular formula is C42H28. The lowest BCUT2D eigenvalue weighted by Gasteiger charge is -2.19. The fourth-order valence-electron chi connectivity index (χ4n) is 6.52. The van der Waals surface area contributed by atoms with Crippen molar-refractivity contribution in [3.63, 3.8) is 0 Å². The zero-order valence-electron chi connectivity index (χ0n) is 23.2. The van der Waals surface area contributed by atoms with E-state index in [1.807, 2.05) is 0 Å². The average Bonchev–Trinajstić information content (AvgIpc) is 3.07. The second-order valence-corrected chi connectivity index (χ2v) is 10.9. The Labute approximate surface area is 246 Å². The van der Waals surface area contributed by atoms with Gasteiger partial charge in [0.05, 0.1) is 0 Å². The minimum atomic E-state index is 1.23. The summed E-state index contributed by atoms with van der Waals surface area (Å²) >= 11 is 0. The van der Waals surface area contributed by atoms with E-state index in [2.05, 4.69) is 170 Å². The number of benzene rings is 8. The molecule has 0 spiro atoms. The third-order valence-electron chi connectivity index (χ3n) is 8.45. The second kappa shape index (κ2) is 10.2. The maximum absolute atomic E-state index is 2.34. The predicted molar refractivity (Wildman–Crippen MR) is 181 cm³/mol. The molecule has 0 nitrogen and oxygen atoms in total. The monoisotopic (exact) mass is 532 g/mol. The number of hydrogen-bond acceptors (Lipinski definition) is 0. The van der Waals surface area contributed by atoms with Gasteiger partial charge in [0, 0.05) is 0 Å². The van der Waals surface area contributed by atoms with Gasteiger partial charge < -0.3 is 0 Å². The molecule has 0 aromatic heterocycles. The van der Waals surface area contributed by atoms with Crippen LogP contribution in [0.25, 0.3) is 76.8 Å². The summed E-state index contributed by atoms with van der Waals surface area (Å²) in [5.74, 6) is 0. The predicted octanol–water partition coefficient (Wildman–Crippen LogP) is 11.8. The third kappa shape index (κ3) is 4.08. The van der Waals surface area contributed by atoms with E-state index in [0.717, 1.165) is 0 Å². The molecule has 196 valence electrons. The summed E-state index contributed by atoms with van der Waals surface area (Å²) in [7, 11) is 0. The zero-order chi connectivity index (χ0) is 27.9. The van der Waals surface area contributed by atoms with E-state index in [0.29, 0.717) is 0 Å². The summed E-state index contributed by atoms with van der Waals surface area (Å²) in [5.41, 5.74) is 10.0. The fourth-order valence-corrected chi connectivity index (χ4v) is 6.52. The summed E-state index contributed by atoms with van der Waals surface area (Å²) in [4.78, 5) is 0. The first-order valence-corrected chi connectivity index (χ1v) is 14.5. The molecular weight excluding hydrogens is 504 g/mol. The molecule has 0 aliphatic rings. The molecule has 0 heterocycles. The van der Waals surface area contributed by atoms with Crippen molar-refractivity contribution in [3.8, 4) is 44.5 Å². The molecule has 0 fully saturated rings. The Morgan fingerprint density at radius 1 is 0.238 bits per heavy atom. The van der Waals surface area contributed by atoms with E-state index in [4.69, 9.17) is 0 Å².